The molecule has 0 spiro atoms. The summed E-state index contributed by atoms with van der Waals surface area (Å²) < 4.78 is 0. The molecule has 0 aliphatic heterocycles. The molecule has 0 aromatic rings. The van der Waals surface area contributed by atoms with Gasteiger partial charge in [0.15, 0.2) is 0 Å². The van der Waals surface area contributed by atoms with Crippen LogP contribution in [-0.2, 0) is 43.2 Å². The van der Waals surface area contributed by atoms with Gasteiger partial charge in [0.2, 0.25) is 41.4 Å². The Balaban J connectivity index is 6.09. The Morgan fingerprint density at radius 3 is 1.38 bits per heavy atom. The molecule has 0 aromatic carbocycles. The van der Waals surface area contributed by atoms with Crippen molar-refractivity contribution in [3.8, 4) is 0 Å². The number of hydrogen-bond donors (Lipinski definition) is 15. The number of carbonyl (C=O) groups excluding carboxylic acids is 7. The molecule has 0 radical (unpaired) electrons. The zero-order chi connectivity index (χ0) is 46.1. The molecule has 0 bridgehead atoms. The molecule has 0 aliphatic carbocycles. The van der Waals surface area contributed by atoms with E-state index in [0.717, 1.165) is 13.8 Å². The van der Waals surface area contributed by atoms with E-state index in [1.807, 2.05) is 0 Å². The SMILES string of the molecule is CC[C@H](C)[C@H](NC(=O)[C@H](CCCCN)NC(=O)[C@@H](N)CCC(=O)O)C(=O)N[C@H](C(=O)N[C@@H](CO)C(=O)N[C@H](C(=O)N[C@@H](CCCCN)C(=O)NCC(=O)O)[C@@H](C)O)[C@@H](C)O. The first-order valence-corrected chi connectivity index (χ1v) is 19.8. The van der Waals surface area contributed by atoms with Gasteiger partial charge in [-0.3, -0.25) is 43.2 Å². The average Bonchev–Trinajstić information content (AvgIpc) is 3.19. The van der Waals surface area contributed by atoms with Gasteiger partial charge in [0, 0.05) is 6.42 Å². The first-order chi connectivity index (χ1) is 28.1. The van der Waals surface area contributed by atoms with Gasteiger partial charge < -0.3 is 80.0 Å². The van der Waals surface area contributed by atoms with Gasteiger partial charge >= 0.3 is 11.9 Å². The van der Waals surface area contributed by atoms with E-state index in [0.29, 0.717) is 32.1 Å². The number of aliphatic carboxylic acids is 2. The quantitative estimate of drug-likeness (QED) is 0.0289. The molecular weight excluding hydrogens is 796 g/mol. The molecule has 0 aliphatic rings. The number of hydrogen-bond acceptors (Lipinski definition) is 15. The highest BCUT2D eigenvalue weighted by Gasteiger charge is 2.37. The fraction of sp³-hybridized carbons (Fsp3) is 0.750. The normalized spacial score (nSPS) is 16.1. The number of carboxylic acid groups (broad SMARTS) is 2. The highest BCUT2D eigenvalue weighted by Crippen LogP contribution is 2.12. The minimum absolute atomic E-state index is 0.0229. The summed E-state index contributed by atoms with van der Waals surface area (Å²) in [6, 6.07) is -10.5. The van der Waals surface area contributed by atoms with Crippen LogP contribution in [0.3, 0.4) is 0 Å². The molecular formula is C36H66N10O14. The molecule has 0 saturated heterocycles. The molecule has 7 amide bonds. The largest absolute Gasteiger partial charge is 0.481 e. The van der Waals surface area contributed by atoms with Gasteiger partial charge in [0.25, 0.3) is 0 Å². The van der Waals surface area contributed by atoms with Crippen LogP contribution < -0.4 is 54.4 Å². The van der Waals surface area contributed by atoms with Crippen molar-refractivity contribution in [3.63, 3.8) is 0 Å². The number of amides is 7. The van der Waals surface area contributed by atoms with Crippen molar-refractivity contribution in [1.29, 1.82) is 0 Å². The highest BCUT2D eigenvalue weighted by atomic mass is 16.4. The average molecular weight is 863 g/mol. The first-order valence-electron chi connectivity index (χ1n) is 19.8. The molecule has 0 saturated carbocycles. The molecule has 0 unspecified atom stereocenters. The van der Waals surface area contributed by atoms with E-state index in [-0.39, 0.29) is 32.4 Å². The van der Waals surface area contributed by atoms with Crippen LogP contribution in [0.15, 0.2) is 0 Å². The lowest BCUT2D eigenvalue weighted by atomic mass is 9.96. The predicted octanol–water partition coefficient (Wildman–Crippen LogP) is -5.65. The number of nitrogens with one attached hydrogen (secondary N) is 7. The summed E-state index contributed by atoms with van der Waals surface area (Å²) in [5.41, 5.74) is 16.9. The minimum Gasteiger partial charge on any atom is -0.481 e. The summed E-state index contributed by atoms with van der Waals surface area (Å²) in [5.74, 6) is -9.98. The van der Waals surface area contributed by atoms with Crippen LogP contribution >= 0.6 is 0 Å². The lowest BCUT2D eigenvalue weighted by molar-refractivity contribution is -0.139. The lowest BCUT2D eigenvalue weighted by Gasteiger charge is -2.30. The predicted molar refractivity (Wildman–Crippen MR) is 213 cm³/mol. The summed E-state index contributed by atoms with van der Waals surface area (Å²) in [5, 5.41) is 65.0. The molecule has 24 heteroatoms. The second kappa shape index (κ2) is 29.3. The Morgan fingerprint density at radius 1 is 0.533 bits per heavy atom. The molecule has 344 valence electrons. The van der Waals surface area contributed by atoms with Gasteiger partial charge in [-0.15, -0.1) is 0 Å². The van der Waals surface area contributed by atoms with Crippen LogP contribution in [0.25, 0.3) is 0 Å². The van der Waals surface area contributed by atoms with E-state index in [4.69, 9.17) is 27.4 Å². The van der Waals surface area contributed by atoms with E-state index in [2.05, 4.69) is 37.2 Å². The van der Waals surface area contributed by atoms with E-state index in [9.17, 15) is 58.5 Å². The Morgan fingerprint density at radius 2 is 0.950 bits per heavy atom. The smallest absolute Gasteiger partial charge is 0.322 e. The van der Waals surface area contributed by atoms with Crippen LogP contribution in [0.5, 0.6) is 0 Å². The summed E-state index contributed by atoms with van der Waals surface area (Å²) in [7, 11) is 0. The van der Waals surface area contributed by atoms with Gasteiger partial charge in [-0.2, -0.15) is 0 Å². The van der Waals surface area contributed by atoms with Gasteiger partial charge in [0.05, 0.1) is 24.9 Å². The number of aliphatic hydroxyl groups is 3. The second-order valence-electron chi connectivity index (χ2n) is 14.4. The number of unbranched alkanes of at least 4 members (excludes halogenated alkanes) is 2. The maximum atomic E-state index is 13.7. The van der Waals surface area contributed by atoms with Crippen molar-refractivity contribution in [2.75, 3.05) is 26.2 Å². The molecule has 0 rings (SSSR count). The Hall–Kier alpha value is -5.01. The van der Waals surface area contributed by atoms with Crippen LogP contribution in [0, 0.1) is 5.92 Å². The number of carboxylic acids is 2. The third-order valence-electron chi connectivity index (χ3n) is 9.31. The Labute approximate surface area is 348 Å². The molecule has 18 N–H and O–H groups in total. The fourth-order valence-electron chi connectivity index (χ4n) is 5.48. The van der Waals surface area contributed by atoms with Crippen LogP contribution in [-0.4, -0.2) is 160 Å². The van der Waals surface area contributed by atoms with E-state index in [1.165, 1.54) is 0 Å². The molecule has 24 nitrogen and oxygen atoms in total. The van der Waals surface area contributed by atoms with Crippen molar-refractivity contribution in [2.45, 2.75) is 140 Å². The molecule has 60 heavy (non-hydrogen) atoms. The summed E-state index contributed by atoms with van der Waals surface area (Å²) in [6.07, 6.45) is -1.74. The summed E-state index contributed by atoms with van der Waals surface area (Å²) >= 11 is 0. The van der Waals surface area contributed by atoms with Gasteiger partial charge in [-0.25, -0.2) is 0 Å². The van der Waals surface area contributed by atoms with E-state index in [1.54, 1.807) is 13.8 Å². The monoisotopic (exact) mass is 862 g/mol. The third-order valence-corrected chi connectivity index (χ3v) is 9.31. The minimum atomic E-state index is -1.83. The molecule has 0 heterocycles. The topological polar surface area (TPSA) is 417 Å². The van der Waals surface area contributed by atoms with Crippen LogP contribution in [0.2, 0.25) is 0 Å². The number of nitrogens with two attached hydrogens (primary N) is 3. The molecule has 0 aromatic heterocycles. The zero-order valence-corrected chi connectivity index (χ0v) is 34.6. The Kier molecular flexibility index (Phi) is 26.8. The lowest BCUT2D eigenvalue weighted by Crippen LogP contribution is -2.63. The van der Waals surface area contributed by atoms with Gasteiger partial charge in [0.1, 0.15) is 42.8 Å². The van der Waals surface area contributed by atoms with Crippen molar-refractivity contribution in [3.05, 3.63) is 0 Å². The zero-order valence-electron chi connectivity index (χ0n) is 34.6. The van der Waals surface area contributed by atoms with E-state index < -0.39 is 133 Å². The summed E-state index contributed by atoms with van der Waals surface area (Å²) in [6.45, 7) is 4.30. The van der Waals surface area contributed by atoms with Crippen molar-refractivity contribution in [2.24, 2.45) is 23.1 Å². The number of aliphatic hydroxyl groups excluding tert-OH is 3. The van der Waals surface area contributed by atoms with Crippen LogP contribution in [0.1, 0.15) is 85.5 Å². The van der Waals surface area contributed by atoms with Crippen LogP contribution in [0.4, 0.5) is 0 Å². The highest BCUT2D eigenvalue weighted by molar-refractivity contribution is 5.98. The van der Waals surface area contributed by atoms with Crippen molar-refractivity contribution in [1.82, 2.24) is 37.2 Å². The maximum absolute atomic E-state index is 13.7. The fourth-order valence-corrected chi connectivity index (χ4v) is 5.48. The van der Waals surface area contributed by atoms with Crippen molar-refractivity contribution >= 4 is 53.3 Å². The maximum Gasteiger partial charge on any atom is 0.322 e. The number of rotatable bonds is 31. The third kappa shape index (κ3) is 20.8. The van der Waals surface area contributed by atoms with Crippen molar-refractivity contribution < 1.29 is 68.7 Å². The van der Waals surface area contributed by atoms with Gasteiger partial charge in [-0.05, 0) is 77.8 Å². The second-order valence-corrected chi connectivity index (χ2v) is 14.4. The molecule has 0 fully saturated rings. The molecule has 10 atom stereocenters. The Bertz CT molecular complexity index is 1440. The summed E-state index contributed by atoms with van der Waals surface area (Å²) in [4.78, 5) is 114. The first kappa shape index (κ1) is 55.0. The standard InChI is InChI=1S/C36H66N10O14/c1-5-18(2)27(44-32(56)23(11-7-9-15-38)41-30(54)21(39)12-13-25(50)51)34(58)46-29(20(4)49)36(60)43-24(17-47)33(57)45-28(19(3)48)35(59)42-22(10-6-8-14-37)31(55)40-16-26(52)53/h18-24,27-29,47-49H,5-17,37-39H2,1-4H3,(H,40,55)(H,41,54)(H,42,59)(H,43,60)(H,44,56)(H,45,57)(H,46,58)(H,50,51)(H,52,53)/t18-,19+,20+,21-,22-,23-,24-,27-,28-,29-/m0/s1. The van der Waals surface area contributed by atoms with E-state index >= 15 is 0 Å². The van der Waals surface area contributed by atoms with Gasteiger partial charge in [-0.1, -0.05) is 20.3 Å². The number of carbonyl (C=O) groups is 9.